The molecule has 1 aliphatic rings. The standard InChI is InChI=1S/C13H19N5O/c1-9(19)10-3-5-17(7-10)13-12-15-4-6-18(12)8-11(14-2)16-13/h4,6,8-10,14,19H,3,5,7H2,1-2H3. The van der Waals surface area contributed by atoms with Crippen molar-refractivity contribution in [1.82, 2.24) is 14.4 Å². The summed E-state index contributed by atoms with van der Waals surface area (Å²) in [5, 5.41) is 12.8. The van der Waals surface area contributed by atoms with Crippen molar-refractivity contribution in [3.05, 3.63) is 18.6 Å². The molecular weight excluding hydrogens is 242 g/mol. The first kappa shape index (κ1) is 12.2. The highest BCUT2D eigenvalue weighted by Gasteiger charge is 2.28. The molecule has 0 aliphatic carbocycles. The molecule has 3 heterocycles. The predicted molar refractivity (Wildman–Crippen MR) is 74.5 cm³/mol. The van der Waals surface area contributed by atoms with Crippen molar-refractivity contribution < 1.29 is 5.11 Å². The Balaban J connectivity index is 1.98. The predicted octanol–water partition coefficient (Wildman–Crippen LogP) is 0.978. The fourth-order valence-electron chi connectivity index (χ4n) is 2.62. The lowest BCUT2D eigenvalue weighted by Gasteiger charge is -2.19. The molecule has 2 atom stereocenters. The molecule has 2 N–H and O–H groups in total. The van der Waals surface area contributed by atoms with Gasteiger partial charge in [0, 0.05) is 38.4 Å². The van der Waals surface area contributed by atoms with Gasteiger partial charge in [-0.15, -0.1) is 0 Å². The zero-order valence-corrected chi connectivity index (χ0v) is 11.2. The molecule has 19 heavy (non-hydrogen) atoms. The Morgan fingerprint density at radius 2 is 2.37 bits per heavy atom. The molecule has 2 unspecified atom stereocenters. The van der Waals surface area contributed by atoms with Crippen LogP contribution in [-0.2, 0) is 0 Å². The van der Waals surface area contributed by atoms with Crippen LogP contribution in [0.2, 0.25) is 0 Å². The van der Waals surface area contributed by atoms with Crippen LogP contribution in [-0.4, -0.2) is 45.7 Å². The van der Waals surface area contributed by atoms with Gasteiger partial charge in [0.05, 0.1) is 12.3 Å². The minimum Gasteiger partial charge on any atom is -0.393 e. The van der Waals surface area contributed by atoms with Crippen LogP contribution in [0.25, 0.3) is 5.65 Å². The Morgan fingerprint density at radius 1 is 1.53 bits per heavy atom. The second-order valence-electron chi connectivity index (χ2n) is 5.09. The Labute approximate surface area is 112 Å². The van der Waals surface area contributed by atoms with Crippen LogP contribution in [0.15, 0.2) is 18.6 Å². The summed E-state index contributed by atoms with van der Waals surface area (Å²) in [7, 11) is 1.86. The third-order valence-corrected chi connectivity index (χ3v) is 3.82. The number of nitrogens with one attached hydrogen (secondary N) is 1. The summed E-state index contributed by atoms with van der Waals surface area (Å²) in [6, 6.07) is 0. The van der Waals surface area contributed by atoms with E-state index in [1.165, 1.54) is 0 Å². The molecule has 6 nitrogen and oxygen atoms in total. The van der Waals surface area contributed by atoms with Gasteiger partial charge in [0.2, 0.25) is 0 Å². The highest BCUT2D eigenvalue weighted by Crippen LogP contribution is 2.28. The number of nitrogens with zero attached hydrogens (tertiary/aromatic N) is 4. The van der Waals surface area contributed by atoms with E-state index in [1.54, 1.807) is 6.20 Å². The molecule has 0 saturated carbocycles. The minimum absolute atomic E-state index is 0.270. The summed E-state index contributed by atoms with van der Waals surface area (Å²) in [4.78, 5) is 11.2. The number of fused-ring (bicyclic) bond motifs is 1. The molecule has 0 radical (unpaired) electrons. The number of anilines is 2. The summed E-state index contributed by atoms with van der Waals surface area (Å²) in [5.41, 5.74) is 0.866. The van der Waals surface area contributed by atoms with E-state index in [1.807, 2.05) is 30.8 Å². The van der Waals surface area contributed by atoms with Crippen molar-refractivity contribution >= 4 is 17.3 Å². The van der Waals surface area contributed by atoms with Gasteiger partial charge in [-0.25, -0.2) is 9.97 Å². The van der Waals surface area contributed by atoms with Crippen LogP contribution in [0.1, 0.15) is 13.3 Å². The van der Waals surface area contributed by atoms with E-state index in [9.17, 15) is 5.11 Å². The first-order valence-electron chi connectivity index (χ1n) is 6.63. The quantitative estimate of drug-likeness (QED) is 0.862. The first-order chi connectivity index (χ1) is 9.19. The molecule has 0 aromatic carbocycles. The Morgan fingerprint density at radius 3 is 3.05 bits per heavy atom. The van der Waals surface area contributed by atoms with E-state index in [4.69, 9.17) is 0 Å². The summed E-state index contributed by atoms with van der Waals surface area (Å²) >= 11 is 0. The number of imidazole rings is 1. The number of hydrogen-bond donors (Lipinski definition) is 2. The molecule has 0 amide bonds. The van der Waals surface area contributed by atoms with Crippen LogP contribution in [0, 0.1) is 5.92 Å². The van der Waals surface area contributed by atoms with Gasteiger partial charge in [-0.2, -0.15) is 0 Å². The van der Waals surface area contributed by atoms with Gasteiger partial charge < -0.3 is 19.7 Å². The third kappa shape index (κ3) is 2.12. The SMILES string of the molecule is CNc1cn2ccnc2c(N2CCC(C(C)O)C2)n1. The Kier molecular flexibility index (Phi) is 3.02. The molecule has 0 spiro atoms. The third-order valence-electron chi connectivity index (χ3n) is 3.82. The average molecular weight is 261 g/mol. The lowest BCUT2D eigenvalue weighted by atomic mass is 10.0. The maximum Gasteiger partial charge on any atom is 0.180 e. The van der Waals surface area contributed by atoms with E-state index in [0.29, 0.717) is 5.92 Å². The van der Waals surface area contributed by atoms with Gasteiger partial charge in [-0.05, 0) is 13.3 Å². The van der Waals surface area contributed by atoms with Crippen LogP contribution >= 0.6 is 0 Å². The minimum atomic E-state index is -0.270. The van der Waals surface area contributed by atoms with E-state index < -0.39 is 0 Å². The van der Waals surface area contributed by atoms with Crippen molar-refractivity contribution in [2.24, 2.45) is 5.92 Å². The number of aliphatic hydroxyl groups is 1. The van der Waals surface area contributed by atoms with Gasteiger partial charge in [0.1, 0.15) is 5.82 Å². The van der Waals surface area contributed by atoms with Crippen molar-refractivity contribution in [1.29, 1.82) is 0 Å². The number of aromatic nitrogens is 3. The van der Waals surface area contributed by atoms with Crippen LogP contribution in [0.4, 0.5) is 11.6 Å². The Bertz CT molecular complexity index is 579. The first-order valence-corrected chi connectivity index (χ1v) is 6.63. The van der Waals surface area contributed by atoms with Crippen molar-refractivity contribution in [2.75, 3.05) is 30.4 Å². The van der Waals surface area contributed by atoms with E-state index >= 15 is 0 Å². The monoisotopic (exact) mass is 261 g/mol. The average Bonchev–Trinajstić information content (AvgIpc) is 3.06. The van der Waals surface area contributed by atoms with Crippen LogP contribution in [0.5, 0.6) is 0 Å². The summed E-state index contributed by atoms with van der Waals surface area (Å²) in [6.07, 6.45) is 6.35. The molecule has 2 aromatic heterocycles. The zero-order valence-electron chi connectivity index (χ0n) is 11.2. The molecule has 102 valence electrons. The molecule has 2 aromatic rings. The van der Waals surface area contributed by atoms with Crippen LogP contribution < -0.4 is 10.2 Å². The fraction of sp³-hybridized carbons (Fsp3) is 0.538. The molecule has 1 fully saturated rings. The smallest absolute Gasteiger partial charge is 0.180 e. The molecule has 3 rings (SSSR count). The fourth-order valence-corrected chi connectivity index (χ4v) is 2.62. The largest absolute Gasteiger partial charge is 0.393 e. The van der Waals surface area contributed by atoms with Crippen LogP contribution in [0.3, 0.4) is 0 Å². The van der Waals surface area contributed by atoms with Crippen molar-refractivity contribution in [3.63, 3.8) is 0 Å². The van der Waals surface area contributed by atoms with Crippen molar-refractivity contribution in [3.8, 4) is 0 Å². The topological polar surface area (TPSA) is 65.7 Å². The molecular formula is C13H19N5O. The highest BCUT2D eigenvalue weighted by atomic mass is 16.3. The summed E-state index contributed by atoms with van der Waals surface area (Å²) in [6.45, 7) is 3.61. The van der Waals surface area contributed by atoms with E-state index in [2.05, 4.69) is 20.2 Å². The van der Waals surface area contributed by atoms with Gasteiger partial charge in [-0.1, -0.05) is 0 Å². The molecule has 1 aliphatic heterocycles. The normalized spacial score (nSPS) is 21.0. The maximum atomic E-state index is 9.71. The van der Waals surface area contributed by atoms with E-state index in [-0.39, 0.29) is 6.10 Å². The van der Waals surface area contributed by atoms with Gasteiger partial charge in [-0.3, -0.25) is 0 Å². The van der Waals surface area contributed by atoms with Gasteiger partial charge >= 0.3 is 0 Å². The second kappa shape index (κ2) is 4.70. The number of rotatable bonds is 3. The second-order valence-corrected chi connectivity index (χ2v) is 5.09. The molecule has 1 saturated heterocycles. The van der Waals surface area contributed by atoms with Crippen molar-refractivity contribution in [2.45, 2.75) is 19.4 Å². The highest BCUT2D eigenvalue weighted by molar-refractivity contribution is 5.67. The van der Waals surface area contributed by atoms with Gasteiger partial charge in [0.15, 0.2) is 11.5 Å². The number of aliphatic hydroxyl groups excluding tert-OH is 1. The zero-order chi connectivity index (χ0) is 13.4. The van der Waals surface area contributed by atoms with E-state index in [0.717, 1.165) is 36.8 Å². The number of hydrogen-bond acceptors (Lipinski definition) is 5. The molecule has 0 bridgehead atoms. The molecule has 6 heteroatoms. The lowest BCUT2D eigenvalue weighted by molar-refractivity contribution is 0.136. The maximum absolute atomic E-state index is 9.71. The summed E-state index contributed by atoms with van der Waals surface area (Å²) < 4.78 is 1.98. The Hall–Kier alpha value is -1.82. The summed E-state index contributed by atoms with van der Waals surface area (Å²) in [5.74, 6) is 2.02. The van der Waals surface area contributed by atoms with Gasteiger partial charge in [0.25, 0.3) is 0 Å². The lowest BCUT2D eigenvalue weighted by Crippen LogP contribution is -2.25.